The molecule has 2 aromatic carbocycles. The lowest BCUT2D eigenvalue weighted by Gasteiger charge is -2.33. The molecule has 4 rings (SSSR count). The molecule has 20 heteroatoms. The molecule has 1 aliphatic heterocycles. The third-order valence-electron chi connectivity index (χ3n) is 13.4. The number of hydrogen-bond donors (Lipinski definition) is 8. The second-order valence-electron chi connectivity index (χ2n) is 20.8. The molecule has 0 radical (unpaired) electrons. The van der Waals surface area contributed by atoms with Crippen LogP contribution < -0.4 is 31.8 Å². The molecule has 1 saturated heterocycles. The Kier molecular flexibility index (Phi) is 21.2. The number of phenolic OH excluding ortho intramolecular Hbond substituents is 1. The number of hydrogen-bond acceptors (Lipinski definition) is 11. The number of fused-ring (bicyclic) bond motifs is 1. The van der Waals surface area contributed by atoms with Crippen molar-refractivity contribution in [3.63, 3.8) is 0 Å². The summed E-state index contributed by atoms with van der Waals surface area (Å²) in [6.07, 6.45) is 7.19. The quantitative estimate of drug-likeness (QED) is 0.0447. The van der Waals surface area contributed by atoms with E-state index in [1.54, 1.807) is 32.1 Å². The fourth-order valence-corrected chi connectivity index (χ4v) is 8.99. The Labute approximate surface area is 433 Å². The molecule has 9 unspecified atom stereocenters. The largest absolute Gasteiger partial charge is 0.595 e. The third-order valence-corrected chi connectivity index (χ3v) is 13.4. The van der Waals surface area contributed by atoms with E-state index in [0.29, 0.717) is 11.8 Å². The fraction of sp³-hybridized carbons (Fsp3) is 0.519. The zero-order chi connectivity index (χ0) is 55.4. The lowest BCUT2D eigenvalue weighted by atomic mass is 9.98. The number of nitrogens with zero attached hydrogens (tertiary/aromatic N) is 3. The summed E-state index contributed by atoms with van der Waals surface area (Å²) in [5.41, 5.74) is 0.648. The number of allylic oxidation sites excluding steroid dienone is 2. The summed E-state index contributed by atoms with van der Waals surface area (Å²) in [4.78, 5) is 117. The second-order valence-corrected chi connectivity index (χ2v) is 20.8. The van der Waals surface area contributed by atoms with Crippen LogP contribution in [0.25, 0.3) is 10.9 Å². The topological polar surface area (TPSA) is 276 Å². The first-order valence-corrected chi connectivity index (χ1v) is 25.1. The Morgan fingerprint density at radius 2 is 1.30 bits per heavy atom. The molecule has 0 bridgehead atoms. The zero-order valence-electron chi connectivity index (χ0n) is 44.6. The Morgan fingerprint density at radius 3 is 1.89 bits per heavy atom. The monoisotopic (exact) mass is 1030 g/mol. The van der Waals surface area contributed by atoms with E-state index < -0.39 is 112 Å². The van der Waals surface area contributed by atoms with Gasteiger partial charge in [-0.3, -0.25) is 33.6 Å². The molecule has 20 nitrogen and oxygen atoms in total. The summed E-state index contributed by atoms with van der Waals surface area (Å²) < 4.78 is 2.01. The Morgan fingerprint density at radius 1 is 0.743 bits per heavy atom. The van der Waals surface area contributed by atoms with Crippen molar-refractivity contribution in [2.45, 2.75) is 149 Å². The van der Waals surface area contributed by atoms with E-state index in [4.69, 9.17) is 0 Å². The van der Waals surface area contributed by atoms with E-state index >= 15 is 4.79 Å². The number of amides is 7. The Hall–Kier alpha value is -6.90. The molecular formula is C54H77N9O11. The van der Waals surface area contributed by atoms with Crippen LogP contribution in [0, 0.1) is 23.0 Å². The molecule has 8 N–H and O–H groups in total. The highest BCUT2D eigenvalue weighted by atomic mass is 16.8. The van der Waals surface area contributed by atoms with Gasteiger partial charge >= 0.3 is 0 Å². The summed E-state index contributed by atoms with van der Waals surface area (Å²) in [6, 6.07) is 1.81. The van der Waals surface area contributed by atoms with Gasteiger partial charge in [0, 0.05) is 56.0 Å². The molecular weight excluding hydrogens is 951 g/mol. The maximum atomic E-state index is 15.3. The molecule has 0 saturated carbocycles. The van der Waals surface area contributed by atoms with Gasteiger partial charge in [0.2, 0.25) is 47.0 Å². The van der Waals surface area contributed by atoms with Crippen molar-refractivity contribution in [3.8, 4) is 5.75 Å². The summed E-state index contributed by atoms with van der Waals surface area (Å²) in [5, 5.41) is 45.4. The molecule has 1 aliphatic rings. The number of aromatic nitrogens is 1. The molecule has 0 aliphatic carbocycles. The number of rotatable bonds is 16. The first kappa shape index (κ1) is 59.7. The van der Waals surface area contributed by atoms with Gasteiger partial charge in [-0.15, -0.1) is 6.58 Å². The molecule has 1 fully saturated rings. The first-order chi connectivity index (χ1) is 34.7. The van der Waals surface area contributed by atoms with Gasteiger partial charge in [0.05, 0.1) is 5.54 Å². The van der Waals surface area contributed by atoms with E-state index in [1.165, 1.54) is 32.0 Å². The number of para-hydroxylation sites is 1. The second kappa shape index (κ2) is 26.4. The fourth-order valence-electron chi connectivity index (χ4n) is 8.99. The van der Waals surface area contributed by atoms with E-state index in [0.717, 1.165) is 27.9 Å². The van der Waals surface area contributed by atoms with Crippen molar-refractivity contribution in [1.29, 1.82) is 0 Å². The predicted molar refractivity (Wildman–Crippen MR) is 279 cm³/mol. The van der Waals surface area contributed by atoms with Gasteiger partial charge in [0.15, 0.2) is 5.75 Å². The van der Waals surface area contributed by atoms with E-state index in [9.17, 15) is 49.1 Å². The van der Waals surface area contributed by atoms with Crippen molar-refractivity contribution in [2.24, 2.45) is 17.8 Å². The van der Waals surface area contributed by atoms with Gasteiger partial charge in [-0.2, -0.15) is 5.23 Å². The number of benzene rings is 2. The van der Waals surface area contributed by atoms with Gasteiger partial charge in [0.1, 0.15) is 48.6 Å². The van der Waals surface area contributed by atoms with Crippen LogP contribution in [-0.2, 0) is 56.7 Å². The maximum absolute atomic E-state index is 15.3. The molecule has 404 valence electrons. The normalized spacial score (nSPS) is 23.5. The SMILES string of the molecule is C=CC(C)(C)n1cc(CC2NC(=O)C(CC=CC)NC(=O)C(CC(C)C)NC(=O)C(CC(C)C=O)N(C)C(=O)C(C)NC(=O)C(Cc3ccc(O)c([NH+]([O-])O)c3)NC(=O)C(CC(C)C)N(C)C2=O)c2ccccc21. The van der Waals surface area contributed by atoms with Gasteiger partial charge in [-0.25, -0.2) is 5.21 Å². The number of likely N-dealkylation sites (N-methyl/N-ethyl adjacent to an activating group) is 2. The van der Waals surface area contributed by atoms with E-state index in [1.807, 2.05) is 76.6 Å². The van der Waals surface area contributed by atoms with Crippen LogP contribution in [-0.4, -0.2) is 129 Å². The average Bonchev–Trinajstić information content (AvgIpc) is 3.73. The third kappa shape index (κ3) is 15.3. The Bertz CT molecular complexity index is 2550. The van der Waals surface area contributed by atoms with Crippen LogP contribution in [0.4, 0.5) is 5.69 Å². The standard InChI is InChI=1S/C54H77N9O11/c1-13-15-19-38-47(66)59-41(28-36-29-62(54(9,10)14-2)42-20-17-16-18-37(36)42)53(72)61(12)44(24-32(5)6)50(69)58-40(26-35-21-22-46(65)43(27-35)63(73)74)48(67)55-34(8)52(71)60(11)45(25-33(7)30-64)51(70)57-39(23-31(3)4)49(68)56-38/h13-18,20-22,27,29-34,38-41,44-45,63,65,73H,2,19,23-26,28H2,1,3-12H3,(H,55,67)(H,56,68)(H,57,70)(H,58,69)(H,59,66). The molecule has 74 heavy (non-hydrogen) atoms. The number of quaternary nitrogens is 1. The van der Waals surface area contributed by atoms with Crippen LogP contribution in [0.2, 0.25) is 0 Å². The number of phenols is 1. The van der Waals surface area contributed by atoms with Crippen LogP contribution in [0.1, 0.15) is 99.1 Å². The van der Waals surface area contributed by atoms with Crippen molar-refractivity contribution < 1.29 is 53.9 Å². The van der Waals surface area contributed by atoms with Crippen molar-refractivity contribution in [3.05, 3.63) is 89.8 Å². The maximum Gasteiger partial charge on any atom is 0.245 e. The van der Waals surface area contributed by atoms with Crippen LogP contribution in [0.15, 0.2) is 73.5 Å². The number of aldehydes is 1. The van der Waals surface area contributed by atoms with Gasteiger partial charge in [0.25, 0.3) is 0 Å². The highest BCUT2D eigenvalue weighted by Gasteiger charge is 2.39. The van der Waals surface area contributed by atoms with Gasteiger partial charge in [-0.05, 0) is 88.5 Å². The van der Waals surface area contributed by atoms with Crippen LogP contribution in [0.3, 0.4) is 0 Å². The number of aromatic hydroxyl groups is 1. The lowest BCUT2D eigenvalue weighted by molar-refractivity contribution is -0.991. The summed E-state index contributed by atoms with van der Waals surface area (Å²) in [5.74, 6) is -7.08. The predicted octanol–water partition coefficient (Wildman–Crippen LogP) is 2.85. The molecule has 9 atom stereocenters. The van der Waals surface area contributed by atoms with Gasteiger partial charge in [-0.1, -0.05) is 77.1 Å². The summed E-state index contributed by atoms with van der Waals surface area (Å²) in [6.45, 7) is 20.0. The molecule has 1 aromatic heterocycles. The molecule has 0 spiro atoms. The summed E-state index contributed by atoms with van der Waals surface area (Å²) >= 11 is 0. The van der Waals surface area contributed by atoms with Crippen LogP contribution >= 0.6 is 0 Å². The number of carbonyl (C=O) groups is 8. The minimum atomic E-state index is -1.52. The lowest BCUT2D eigenvalue weighted by Crippen LogP contribution is -2.99. The minimum absolute atomic E-state index is 0.0234. The number of nitrogens with one attached hydrogen (secondary N) is 6. The summed E-state index contributed by atoms with van der Waals surface area (Å²) in [7, 11) is 2.73. The molecule has 3 aromatic rings. The van der Waals surface area contributed by atoms with Crippen LogP contribution in [0.5, 0.6) is 5.75 Å². The highest BCUT2D eigenvalue weighted by Crippen LogP contribution is 2.30. The molecule has 2 heterocycles. The van der Waals surface area contributed by atoms with Crippen molar-refractivity contribution in [2.75, 3.05) is 14.1 Å². The smallest absolute Gasteiger partial charge is 0.245 e. The van der Waals surface area contributed by atoms with Crippen molar-refractivity contribution >= 4 is 64.2 Å². The number of carbonyl (C=O) groups excluding carboxylic acids is 8. The van der Waals surface area contributed by atoms with Gasteiger partial charge < -0.3 is 56.1 Å². The first-order valence-electron chi connectivity index (χ1n) is 25.1. The average molecular weight is 1030 g/mol. The Balaban J connectivity index is 1.97. The van der Waals surface area contributed by atoms with E-state index in [2.05, 4.69) is 33.2 Å². The molecule has 7 amide bonds. The minimum Gasteiger partial charge on any atom is -0.595 e. The van der Waals surface area contributed by atoms with E-state index in [-0.39, 0.29) is 55.9 Å². The van der Waals surface area contributed by atoms with Crippen molar-refractivity contribution in [1.82, 2.24) is 41.0 Å². The highest BCUT2D eigenvalue weighted by molar-refractivity contribution is 5.99. The zero-order valence-corrected chi connectivity index (χ0v) is 44.6.